The van der Waals surface area contributed by atoms with E-state index >= 15 is 0 Å². The van der Waals surface area contributed by atoms with Crippen LogP contribution in [0.25, 0.3) is 0 Å². The molecule has 3 heteroatoms. The van der Waals surface area contributed by atoms with Crippen LogP contribution in [0.4, 0.5) is 0 Å². The van der Waals surface area contributed by atoms with E-state index < -0.39 is 0 Å². The summed E-state index contributed by atoms with van der Waals surface area (Å²) in [6.07, 6.45) is 0. The van der Waals surface area contributed by atoms with Crippen LogP contribution >= 0.6 is 0 Å². The lowest BCUT2D eigenvalue weighted by molar-refractivity contribution is 0.0597. The zero-order chi connectivity index (χ0) is 11.5. The average Bonchev–Trinajstić information content (AvgIpc) is 2.14. The van der Waals surface area contributed by atoms with Crippen molar-refractivity contribution in [2.45, 2.75) is 26.3 Å². The van der Waals surface area contributed by atoms with Gasteiger partial charge in [0.15, 0.2) is 0 Å². The van der Waals surface area contributed by atoms with Gasteiger partial charge >= 0.3 is 0 Å². The highest BCUT2D eigenvalue weighted by Crippen LogP contribution is 2.15. The van der Waals surface area contributed by atoms with E-state index in [-0.39, 0.29) is 0 Å². The van der Waals surface area contributed by atoms with Crippen LogP contribution in [0.15, 0.2) is 0 Å². The van der Waals surface area contributed by atoms with Gasteiger partial charge in [0.2, 0.25) is 0 Å². The van der Waals surface area contributed by atoms with Gasteiger partial charge in [-0.05, 0) is 34.9 Å². The highest BCUT2D eigenvalue weighted by atomic mass is 15.3. The molecule has 0 aromatic carbocycles. The molecule has 3 nitrogen and oxygen atoms in total. The van der Waals surface area contributed by atoms with Gasteiger partial charge in [-0.1, -0.05) is 0 Å². The molecule has 0 unspecified atom stereocenters. The normalized spacial score (nSPS) is 21.2. The maximum absolute atomic E-state index is 2.58. The summed E-state index contributed by atoms with van der Waals surface area (Å²) in [6, 6.07) is 0. The molecule has 0 aromatic heterocycles. The summed E-state index contributed by atoms with van der Waals surface area (Å²) >= 11 is 0. The van der Waals surface area contributed by atoms with Crippen LogP contribution < -0.4 is 0 Å². The van der Waals surface area contributed by atoms with Gasteiger partial charge in [0.1, 0.15) is 0 Å². The van der Waals surface area contributed by atoms with Gasteiger partial charge in [-0.15, -0.1) is 0 Å². The van der Waals surface area contributed by atoms with E-state index in [0.29, 0.717) is 5.54 Å². The van der Waals surface area contributed by atoms with Crippen molar-refractivity contribution in [3.63, 3.8) is 0 Å². The van der Waals surface area contributed by atoms with Crippen molar-refractivity contribution < 1.29 is 0 Å². The Hall–Kier alpha value is -0.120. The highest BCUT2D eigenvalue weighted by Gasteiger charge is 2.25. The molecule has 0 radical (unpaired) electrons. The molecule has 0 aliphatic carbocycles. The third-order valence-corrected chi connectivity index (χ3v) is 3.18. The molecule has 1 aliphatic heterocycles. The molecule has 0 bridgehead atoms. The Bertz CT molecular complexity index is 176. The van der Waals surface area contributed by atoms with Crippen LogP contribution in [0, 0.1) is 0 Å². The van der Waals surface area contributed by atoms with Crippen molar-refractivity contribution in [3.05, 3.63) is 0 Å². The van der Waals surface area contributed by atoms with E-state index in [9.17, 15) is 0 Å². The second-order valence-electron chi connectivity index (χ2n) is 5.80. The van der Waals surface area contributed by atoms with E-state index in [2.05, 4.69) is 49.6 Å². The summed E-state index contributed by atoms with van der Waals surface area (Å²) in [5, 5.41) is 0. The predicted octanol–water partition coefficient (Wildman–Crippen LogP) is 0.964. The van der Waals surface area contributed by atoms with E-state index in [0.717, 1.165) is 0 Å². The third-order valence-electron chi connectivity index (χ3n) is 3.18. The molecule has 90 valence electrons. The van der Waals surface area contributed by atoms with Gasteiger partial charge in [-0.2, -0.15) is 0 Å². The van der Waals surface area contributed by atoms with Crippen LogP contribution in [0.3, 0.4) is 0 Å². The fraction of sp³-hybridized carbons (Fsp3) is 1.00. The van der Waals surface area contributed by atoms with Crippen molar-refractivity contribution in [2.24, 2.45) is 0 Å². The Labute approximate surface area is 95.0 Å². The molecule has 0 aromatic rings. The molecule has 1 saturated heterocycles. The highest BCUT2D eigenvalue weighted by molar-refractivity contribution is 4.81. The molecule has 0 spiro atoms. The molecular formula is C12H27N3. The largest absolute Gasteiger partial charge is 0.308 e. The first kappa shape index (κ1) is 12.9. The van der Waals surface area contributed by atoms with Crippen molar-refractivity contribution in [2.75, 3.05) is 53.4 Å². The summed E-state index contributed by atoms with van der Waals surface area (Å²) < 4.78 is 0. The third kappa shape index (κ3) is 4.49. The number of rotatable bonds is 3. The Morgan fingerprint density at radius 1 is 1.00 bits per heavy atom. The molecular weight excluding hydrogens is 186 g/mol. The van der Waals surface area contributed by atoms with Gasteiger partial charge in [-0.25, -0.2) is 0 Å². The lowest BCUT2D eigenvalue weighted by atomic mass is 10.1. The molecule has 0 amide bonds. The second kappa shape index (κ2) is 5.28. The summed E-state index contributed by atoms with van der Waals surface area (Å²) in [6.45, 7) is 14.2. The van der Waals surface area contributed by atoms with Gasteiger partial charge in [0.25, 0.3) is 0 Å². The van der Waals surface area contributed by atoms with Crippen LogP contribution in [0.2, 0.25) is 0 Å². The Kier molecular flexibility index (Phi) is 4.56. The van der Waals surface area contributed by atoms with Gasteiger partial charge in [0.05, 0.1) is 0 Å². The summed E-state index contributed by atoms with van der Waals surface area (Å²) in [7, 11) is 4.29. The van der Waals surface area contributed by atoms with E-state index in [4.69, 9.17) is 0 Å². The maximum atomic E-state index is 2.58. The Morgan fingerprint density at radius 3 is 1.93 bits per heavy atom. The number of likely N-dealkylation sites (N-methyl/N-ethyl adjacent to an activating group) is 1. The molecule has 15 heavy (non-hydrogen) atoms. The molecule has 1 fully saturated rings. The van der Waals surface area contributed by atoms with Crippen LogP contribution in [0.1, 0.15) is 20.8 Å². The summed E-state index contributed by atoms with van der Waals surface area (Å²) in [4.78, 5) is 7.41. The predicted molar refractivity (Wildman–Crippen MR) is 66.3 cm³/mol. The topological polar surface area (TPSA) is 9.72 Å². The van der Waals surface area contributed by atoms with E-state index in [1.165, 1.54) is 39.3 Å². The van der Waals surface area contributed by atoms with Crippen molar-refractivity contribution >= 4 is 0 Å². The molecule has 0 N–H and O–H groups in total. The number of nitrogens with zero attached hydrogens (tertiary/aromatic N) is 3. The van der Waals surface area contributed by atoms with E-state index in [1.54, 1.807) is 0 Å². The maximum Gasteiger partial charge on any atom is 0.0126 e. The minimum atomic E-state index is 0.341. The van der Waals surface area contributed by atoms with Crippen molar-refractivity contribution in [3.8, 4) is 0 Å². The van der Waals surface area contributed by atoms with Gasteiger partial charge < -0.3 is 4.90 Å². The average molecular weight is 213 g/mol. The minimum absolute atomic E-state index is 0.341. The first-order valence-corrected chi connectivity index (χ1v) is 6.02. The van der Waals surface area contributed by atoms with Crippen LogP contribution in [0.5, 0.6) is 0 Å². The van der Waals surface area contributed by atoms with Crippen LogP contribution in [-0.2, 0) is 0 Å². The smallest absolute Gasteiger partial charge is 0.0126 e. The Morgan fingerprint density at radius 2 is 1.53 bits per heavy atom. The molecule has 1 heterocycles. The second-order valence-corrected chi connectivity index (χ2v) is 5.80. The standard InChI is InChI=1S/C12H27N3/c1-12(2,3)15-10-8-14(9-11-15)7-6-13(4)5/h6-11H2,1-5H3. The zero-order valence-electron chi connectivity index (χ0n) is 11.1. The van der Waals surface area contributed by atoms with Crippen molar-refractivity contribution in [1.82, 2.24) is 14.7 Å². The number of hydrogen-bond acceptors (Lipinski definition) is 3. The van der Waals surface area contributed by atoms with Crippen LogP contribution in [-0.4, -0.2) is 73.6 Å². The molecule has 0 atom stereocenters. The lowest BCUT2D eigenvalue weighted by Crippen LogP contribution is -2.54. The number of piperazine rings is 1. The lowest BCUT2D eigenvalue weighted by Gasteiger charge is -2.42. The fourth-order valence-corrected chi connectivity index (χ4v) is 1.98. The van der Waals surface area contributed by atoms with Gasteiger partial charge in [-0.3, -0.25) is 9.80 Å². The summed E-state index contributed by atoms with van der Waals surface area (Å²) in [5.41, 5.74) is 0.341. The SMILES string of the molecule is CN(C)CCN1CCN(C(C)(C)C)CC1. The van der Waals surface area contributed by atoms with Gasteiger partial charge in [0, 0.05) is 44.8 Å². The molecule has 1 aliphatic rings. The quantitative estimate of drug-likeness (QED) is 0.691. The molecule has 1 rings (SSSR count). The van der Waals surface area contributed by atoms with E-state index in [1.807, 2.05) is 0 Å². The first-order valence-electron chi connectivity index (χ1n) is 6.02. The minimum Gasteiger partial charge on any atom is -0.308 e. The summed E-state index contributed by atoms with van der Waals surface area (Å²) in [5.74, 6) is 0. The fourth-order valence-electron chi connectivity index (χ4n) is 1.98. The monoisotopic (exact) mass is 213 g/mol. The zero-order valence-corrected chi connectivity index (χ0v) is 11.1. The Balaban J connectivity index is 2.24. The number of hydrogen-bond donors (Lipinski definition) is 0. The van der Waals surface area contributed by atoms with Crippen molar-refractivity contribution in [1.29, 1.82) is 0 Å². The molecule has 0 saturated carbocycles. The first-order chi connectivity index (χ1) is 6.89.